The van der Waals surface area contributed by atoms with E-state index in [1.54, 1.807) is 18.2 Å². The fraction of sp³-hybridized carbons (Fsp3) is 0.136. The molecule has 0 spiro atoms. The predicted molar refractivity (Wildman–Crippen MR) is 118 cm³/mol. The highest BCUT2D eigenvalue weighted by molar-refractivity contribution is 7.92. The van der Waals surface area contributed by atoms with Crippen molar-refractivity contribution in [2.24, 2.45) is 0 Å². The van der Waals surface area contributed by atoms with Crippen molar-refractivity contribution in [1.29, 1.82) is 0 Å². The molecule has 170 valence electrons. The molecule has 1 aliphatic rings. The monoisotopic (exact) mass is 468 g/mol. The molecule has 0 aliphatic carbocycles. The highest BCUT2D eigenvalue weighted by Crippen LogP contribution is 2.32. The molecule has 3 aromatic rings. The molecule has 2 amide bonds. The third-order valence-electron chi connectivity index (χ3n) is 4.59. The Kier molecular flexibility index (Phi) is 6.41. The molecule has 0 fully saturated rings. The first-order chi connectivity index (χ1) is 15.9. The van der Waals surface area contributed by atoms with Gasteiger partial charge in [0.05, 0.1) is 18.1 Å². The highest BCUT2D eigenvalue weighted by Gasteiger charge is 2.19. The summed E-state index contributed by atoms with van der Waals surface area (Å²) in [6, 6.07) is 15.0. The molecule has 1 aliphatic heterocycles. The third-order valence-corrected chi connectivity index (χ3v) is 5.97. The number of fused-ring (bicyclic) bond motifs is 1. The first-order valence-electron chi connectivity index (χ1n) is 9.97. The van der Waals surface area contributed by atoms with Crippen LogP contribution in [-0.2, 0) is 10.0 Å². The molecule has 33 heavy (non-hydrogen) atoms. The van der Waals surface area contributed by atoms with Gasteiger partial charge in [0, 0.05) is 29.9 Å². The zero-order valence-electron chi connectivity index (χ0n) is 17.3. The summed E-state index contributed by atoms with van der Waals surface area (Å²) in [5.41, 5.74) is 4.97. The van der Waals surface area contributed by atoms with E-state index in [0.29, 0.717) is 31.1 Å². The van der Waals surface area contributed by atoms with Crippen LogP contribution in [0.25, 0.3) is 0 Å². The topological polar surface area (TPSA) is 136 Å². The van der Waals surface area contributed by atoms with E-state index in [9.17, 15) is 18.0 Å². The van der Waals surface area contributed by atoms with Crippen LogP contribution >= 0.6 is 0 Å². The van der Waals surface area contributed by atoms with Crippen molar-refractivity contribution >= 4 is 27.5 Å². The maximum Gasteiger partial charge on any atom is 0.288 e. The summed E-state index contributed by atoms with van der Waals surface area (Å²) in [6.07, 6.45) is 2.15. The number of hydrazine groups is 1. The van der Waals surface area contributed by atoms with Crippen LogP contribution < -0.4 is 25.0 Å². The first-order valence-corrected chi connectivity index (χ1v) is 11.4. The van der Waals surface area contributed by atoms with Gasteiger partial charge in [-0.3, -0.25) is 30.1 Å². The van der Waals surface area contributed by atoms with Crippen LogP contribution in [-0.4, -0.2) is 38.4 Å². The SMILES string of the molecule is O=C(NNC(=O)c1ccccn1)c1cccc(NS(=O)(=O)c2ccc3c(c2)OCCCO3)c1. The Morgan fingerprint density at radius 3 is 2.42 bits per heavy atom. The Bertz CT molecular complexity index is 1280. The minimum atomic E-state index is -3.96. The van der Waals surface area contributed by atoms with E-state index in [0.717, 1.165) is 0 Å². The Hall–Kier alpha value is -4.12. The van der Waals surface area contributed by atoms with Gasteiger partial charge < -0.3 is 9.47 Å². The number of aromatic nitrogens is 1. The number of pyridine rings is 1. The van der Waals surface area contributed by atoms with E-state index in [4.69, 9.17) is 9.47 Å². The number of nitrogens with zero attached hydrogens (tertiary/aromatic N) is 1. The number of hydrogen-bond acceptors (Lipinski definition) is 7. The second kappa shape index (κ2) is 9.57. The van der Waals surface area contributed by atoms with Gasteiger partial charge in [-0.2, -0.15) is 0 Å². The number of hydrogen-bond donors (Lipinski definition) is 3. The summed E-state index contributed by atoms with van der Waals surface area (Å²) in [4.78, 5) is 28.3. The Morgan fingerprint density at radius 1 is 0.848 bits per heavy atom. The lowest BCUT2D eigenvalue weighted by molar-refractivity contribution is 0.0844. The van der Waals surface area contributed by atoms with Gasteiger partial charge in [-0.15, -0.1) is 0 Å². The largest absolute Gasteiger partial charge is 0.490 e. The normalized spacial score (nSPS) is 12.8. The number of carbonyl (C=O) groups is 2. The minimum absolute atomic E-state index is 0.00997. The fourth-order valence-corrected chi connectivity index (χ4v) is 4.06. The molecule has 0 saturated carbocycles. The highest BCUT2D eigenvalue weighted by atomic mass is 32.2. The quantitative estimate of drug-likeness (QED) is 0.488. The predicted octanol–water partition coefficient (Wildman–Crippen LogP) is 2.12. The average molecular weight is 468 g/mol. The molecule has 2 heterocycles. The summed E-state index contributed by atoms with van der Waals surface area (Å²) in [5, 5.41) is 0. The number of amides is 2. The molecule has 3 N–H and O–H groups in total. The number of ether oxygens (including phenoxy) is 2. The molecule has 4 rings (SSSR count). The summed E-state index contributed by atoms with van der Waals surface area (Å²) < 4.78 is 39.2. The van der Waals surface area contributed by atoms with E-state index in [1.807, 2.05) is 0 Å². The average Bonchev–Trinajstić information content (AvgIpc) is 3.08. The van der Waals surface area contributed by atoms with E-state index < -0.39 is 21.8 Å². The molecule has 10 nitrogen and oxygen atoms in total. The van der Waals surface area contributed by atoms with E-state index in [-0.39, 0.29) is 21.8 Å². The van der Waals surface area contributed by atoms with Crippen LogP contribution in [0.5, 0.6) is 11.5 Å². The third kappa shape index (κ3) is 5.39. The van der Waals surface area contributed by atoms with Crippen LogP contribution in [0.15, 0.2) is 71.8 Å². The molecule has 1 aromatic heterocycles. The Balaban J connectivity index is 1.44. The van der Waals surface area contributed by atoms with Gasteiger partial charge in [0.1, 0.15) is 5.69 Å². The lowest BCUT2D eigenvalue weighted by Crippen LogP contribution is -2.41. The summed E-state index contributed by atoms with van der Waals surface area (Å²) >= 11 is 0. The van der Waals surface area contributed by atoms with Gasteiger partial charge >= 0.3 is 0 Å². The van der Waals surface area contributed by atoms with Crippen LogP contribution in [0.3, 0.4) is 0 Å². The zero-order valence-corrected chi connectivity index (χ0v) is 18.1. The number of sulfonamides is 1. The van der Waals surface area contributed by atoms with Crippen LogP contribution in [0.2, 0.25) is 0 Å². The van der Waals surface area contributed by atoms with Crippen molar-refractivity contribution in [2.45, 2.75) is 11.3 Å². The zero-order chi connectivity index (χ0) is 23.3. The second-order valence-electron chi connectivity index (χ2n) is 6.97. The van der Waals surface area contributed by atoms with E-state index in [2.05, 4.69) is 20.6 Å². The van der Waals surface area contributed by atoms with Gasteiger partial charge in [-0.25, -0.2) is 8.42 Å². The standard InChI is InChI=1S/C22H20N4O6S/c27-21(24-25-22(28)18-7-1-2-10-23-18)15-5-3-6-16(13-15)26-33(29,30)17-8-9-19-20(14-17)32-12-4-11-31-19/h1-3,5-10,13-14,26H,4,11-12H2,(H,24,27)(H,25,28). The van der Waals surface area contributed by atoms with Gasteiger partial charge in [-0.05, 0) is 42.5 Å². The molecule has 0 atom stereocenters. The lowest BCUT2D eigenvalue weighted by Gasteiger charge is -2.12. The van der Waals surface area contributed by atoms with Crippen LogP contribution in [0.4, 0.5) is 5.69 Å². The van der Waals surface area contributed by atoms with Gasteiger partial charge in [0.25, 0.3) is 21.8 Å². The maximum atomic E-state index is 12.9. The smallest absolute Gasteiger partial charge is 0.288 e. The van der Waals surface area contributed by atoms with Crippen molar-refractivity contribution in [3.8, 4) is 11.5 Å². The van der Waals surface area contributed by atoms with Gasteiger partial charge in [0.15, 0.2) is 11.5 Å². The maximum absolute atomic E-state index is 12.9. The minimum Gasteiger partial charge on any atom is -0.490 e. The number of anilines is 1. The fourth-order valence-electron chi connectivity index (χ4n) is 3.00. The van der Waals surface area contributed by atoms with Gasteiger partial charge in [0.2, 0.25) is 0 Å². The Morgan fingerprint density at radius 2 is 1.64 bits per heavy atom. The van der Waals surface area contributed by atoms with Crippen molar-refractivity contribution in [1.82, 2.24) is 15.8 Å². The summed E-state index contributed by atoms with van der Waals surface area (Å²) in [7, 11) is -3.96. The molecular weight excluding hydrogens is 448 g/mol. The molecular formula is C22H20N4O6S. The number of benzene rings is 2. The number of nitrogens with one attached hydrogen (secondary N) is 3. The molecule has 11 heteroatoms. The first kappa shape index (κ1) is 22.1. The molecule has 0 saturated heterocycles. The number of rotatable bonds is 5. The molecule has 0 radical (unpaired) electrons. The molecule has 2 aromatic carbocycles. The summed E-state index contributed by atoms with van der Waals surface area (Å²) in [5.74, 6) is -0.379. The molecule has 0 unspecified atom stereocenters. The van der Waals surface area contributed by atoms with Crippen molar-refractivity contribution in [2.75, 3.05) is 17.9 Å². The molecule has 0 bridgehead atoms. The van der Waals surface area contributed by atoms with Crippen molar-refractivity contribution < 1.29 is 27.5 Å². The van der Waals surface area contributed by atoms with E-state index >= 15 is 0 Å². The second-order valence-corrected chi connectivity index (χ2v) is 8.65. The van der Waals surface area contributed by atoms with Crippen LogP contribution in [0.1, 0.15) is 27.3 Å². The van der Waals surface area contributed by atoms with E-state index in [1.165, 1.54) is 48.7 Å². The van der Waals surface area contributed by atoms with Crippen LogP contribution in [0, 0.1) is 0 Å². The van der Waals surface area contributed by atoms with Crippen molar-refractivity contribution in [3.63, 3.8) is 0 Å². The van der Waals surface area contributed by atoms with Crippen molar-refractivity contribution in [3.05, 3.63) is 78.1 Å². The Labute approximate surface area is 190 Å². The summed E-state index contributed by atoms with van der Waals surface area (Å²) in [6.45, 7) is 0.923. The lowest BCUT2D eigenvalue weighted by atomic mass is 10.2. The van der Waals surface area contributed by atoms with Gasteiger partial charge in [-0.1, -0.05) is 12.1 Å². The number of carbonyl (C=O) groups excluding carboxylic acids is 2.